The van der Waals surface area contributed by atoms with Crippen LogP contribution in [-0.2, 0) is 0 Å². The molecule has 0 bridgehead atoms. The predicted octanol–water partition coefficient (Wildman–Crippen LogP) is 3.59. The molecule has 1 aliphatic carbocycles. The Balaban J connectivity index is 2.10. The van der Waals surface area contributed by atoms with Crippen LogP contribution in [0.15, 0.2) is 30.3 Å². The Kier molecular flexibility index (Phi) is 2.89. The Morgan fingerprint density at radius 2 is 2.00 bits per heavy atom. The lowest BCUT2D eigenvalue weighted by Gasteiger charge is -2.06. The van der Waals surface area contributed by atoms with Gasteiger partial charge in [0.15, 0.2) is 0 Å². The first-order valence-electron chi connectivity index (χ1n) is 5.46. The van der Waals surface area contributed by atoms with Gasteiger partial charge in [-0.15, -0.1) is 0 Å². The molecule has 1 aromatic carbocycles. The normalized spacial score (nSPS) is 16.9. The minimum Gasteiger partial charge on any atom is -0.0993 e. The second-order valence-corrected chi connectivity index (χ2v) is 3.93. The van der Waals surface area contributed by atoms with Crippen LogP contribution in [0.2, 0.25) is 0 Å². The van der Waals surface area contributed by atoms with Crippen LogP contribution in [0.5, 0.6) is 0 Å². The molecule has 0 spiro atoms. The Bertz CT molecular complexity index is 335. The van der Waals surface area contributed by atoms with Gasteiger partial charge in [0.2, 0.25) is 0 Å². The zero-order chi connectivity index (χ0) is 9.80. The fourth-order valence-electron chi connectivity index (χ4n) is 1.55. The summed E-state index contributed by atoms with van der Waals surface area (Å²) in [6.45, 7) is 2.21. The van der Waals surface area contributed by atoms with E-state index in [1.165, 1.54) is 18.4 Å². The van der Waals surface area contributed by atoms with Gasteiger partial charge in [-0.25, -0.2) is 0 Å². The summed E-state index contributed by atoms with van der Waals surface area (Å²) in [5.41, 5.74) is 1.36. The van der Waals surface area contributed by atoms with Gasteiger partial charge in [0.25, 0.3) is 0 Å². The lowest BCUT2D eigenvalue weighted by Crippen LogP contribution is -1.93. The van der Waals surface area contributed by atoms with Crippen LogP contribution in [0, 0.1) is 17.8 Å². The molecule has 72 valence electrons. The van der Waals surface area contributed by atoms with E-state index in [4.69, 9.17) is 0 Å². The van der Waals surface area contributed by atoms with Gasteiger partial charge in [0.05, 0.1) is 0 Å². The Morgan fingerprint density at radius 1 is 1.29 bits per heavy atom. The van der Waals surface area contributed by atoms with Crippen molar-refractivity contribution < 1.29 is 0 Å². The van der Waals surface area contributed by atoms with Crippen molar-refractivity contribution in [3.63, 3.8) is 0 Å². The fourth-order valence-corrected chi connectivity index (χ4v) is 1.55. The van der Waals surface area contributed by atoms with E-state index in [2.05, 4.69) is 49.1 Å². The van der Waals surface area contributed by atoms with Crippen molar-refractivity contribution in [1.29, 1.82) is 0 Å². The summed E-state index contributed by atoms with van der Waals surface area (Å²) in [4.78, 5) is 0. The van der Waals surface area contributed by atoms with Gasteiger partial charge in [-0.1, -0.05) is 49.1 Å². The number of rotatable bonds is 2. The van der Waals surface area contributed by atoms with Crippen molar-refractivity contribution in [3.8, 4) is 11.8 Å². The van der Waals surface area contributed by atoms with Gasteiger partial charge in [-0.3, -0.25) is 0 Å². The summed E-state index contributed by atoms with van der Waals surface area (Å²) >= 11 is 0. The van der Waals surface area contributed by atoms with E-state index < -0.39 is 0 Å². The van der Waals surface area contributed by atoms with Gasteiger partial charge in [-0.2, -0.15) is 0 Å². The van der Waals surface area contributed by atoms with E-state index in [9.17, 15) is 0 Å². The highest BCUT2D eigenvalue weighted by molar-refractivity contribution is 5.28. The highest BCUT2D eigenvalue weighted by Crippen LogP contribution is 2.28. The molecule has 0 N–H and O–H groups in total. The van der Waals surface area contributed by atoms with Crippen LogP contribution >= 0.6 is 0 Å². The smallest absolute Gasteiger partial charge is 0.0449 e. The van der Waals surface area contributed by atoms with Gasteiger partial charge in [0.1, 0.15) is 0 Å². The average Bonchev–Trinajstić information content (AvgIpc) is 3.04. The quantitative estimate of drug-likeness (QED) is 0.616. The maximum absolute atomic E-state index is 3.40. The third kappa shape index (κ3) is 2.39. The van der Waals surface area contributed by atoms with E-state index in [0.717, 1.165) is 6.42 Å². The van der Waals surface area contributed by atoms with Crippen LogP contribution in [0.1, 0.15) is 37.7 Å². The molecule has 0 aromatic heterocycles. The Morgan fingerprint density at radius 3 is 2.57 bits per heavy atom. The van der Waals surface area contributed by atoms with Gasteiger partial charge >= 0.3 is 0 Å². The molecule has 1 aliphatic rings. The molecule has 0 saturated heterocycles. The Hall–Kier alpha value is -1.22. The molecule has 1 aromatic rings. The first-order chi connectivity index (χ1) is 6.90. The fraction of sp³-hybridized carbons (Fsp3) is 0.429. The molecule has 1 atom stereocenters. The number of hydrogen-bond donors (Lipinski definition) is 0. The standard InChI is InChI=1S/C14H16/c1-2-13(11-10-12-8-9-12)14-6-4-3-5-7-14/h3-7,12-13H,2,8-9H2,1H3/t13-/m0/s1. The van der Waals surface area contributed by atoms with Crippen molar-refractivity contribution in [1.82, 2.24) is 0 Å². The van der Waals surface area contributed by atoms with E-state index in [1.807, 2.05) is 0 Å². The molecule has 0 aliphatic heterocycles. The molecule has 0 unspecified atom stereocenters. The first kappa shape index (κ1) is 9.34. The second-order valence-electron chi connectivity index (χ2n) is 3.93. The van der Waals surface area contributed by atoms with Crippen molar-refractivity contribution >= 4 is 0 Å². The number of hydrogen-bond acceptors (Lipinski definition) is 0. The molecular weight excluding hydrogens is 168 g/mol. The molecule has 1 fully saturated rings. The zero-order valence-corrected chi connectivity index (χ0v) is 8.66. The lowest BCUT2D eigenvalue weighted by atomic mass is 9.97. The first-order valence-corrected chi connectivity index (χ1v) is 5.46. The van der Waals surface area contributed by atoms with Crippen LogP contribution in [0.25, 0.3) is 0 Å². The maximum atomic E-state index is 3.40. The molecule has 14 heavy (non-hydrogen) atoms. The Labute approximate surface area is 86.3 Å². The monoisotopic (exact) mass is 184 g/mol. The van der Waals surface area contributed by atoms with Crippen LogP contribution in [0.4, 0.5) is 0 Å². The van der Waals surface area contributed by atoms with Gasteiger partial charge in [-0.05, 0) is 24.8 Å². The van der Waals surface area contributed by atoms with Crippen LogP contribution in [-0.4, -0.2) is 0 Å². The van der Waals surface area contributed by atoms with Gasteiger partial charge < -0.3 is 0 Å². The molecule has 0 nitrogen and oxygen atoms in total. The minimum absolute atomic E-state index is 0.441. The third-order valence-corrected chi connectivity index (χ3v) is 2.65. The number of benzene rings is 1. The molecule has 0 heterocycles. The molecule has 0 radical (unpaired) electrons. The lowest BCUT2D eigenvalue weighted by molar-refractivity contribution is 0.828. The minimum atomic E-state index is 0.441. The maximum Gasteiger partial charge on any atom is 0.0449 e. The summed E-state index contributed by atoms with van der Waals surface area (Å²) in [5, 5.41) is 0. The van der Waals surface area contributed by atoms with Crippen molar-refractivity contribution in [2.24, 2.45) is 5.92 Å². The molecule has 0 heteroatoms. The largest absolute Gasteiger partial charge is 0.0993 e. The molecule has 2 rings (SSSR count). The molecule has 0 amide bonds. The summed E-state index contributed by atoms with van der Waals surface area (Å²) in [7, 11) is 0. The van der Waals surface area contributed by atoms with E-state index in [1.54, 1.807) is 0 Å². The van der Waals surface area contributed by atoms with E-state index >= 15 is 0 Å². The van der Waals surface area contributed by atoms with Gasteiger partial charge in [0, 0.05) is 11.8 Å². The topological polar surface area (TPSA) is 0 Å². The summed E-state index contributed by atoms with van der Waals surface area (Å²) in [6, 6.07) is 10.6. The average molecular weight is 184 g/mol. The predicted molar refractivity (Wildman–Crippen MR) is 60.0 cm³/mol. The van der Waals surface area contributed by atoms with Crippen molar-refractivity contribution in [2.75, 3.05) is 0 Å². The summed E-state index contributed by atoms with van der Waals surface area (Å²) in [6.07, 6.45) is 3.75. The van der Waals surface area contributed by atoms with Crippen LogP contribution < -0.4 is 0 Å². The highest BCUT2D eigenvalue weighted by atomic mass is 14.2. The van der Waals surface area contributed by atoms with E-state index in [-0.39, 0.29) is 0 Å². The molecule has 1 saturated carbocycles. The SMILES string of the molecule is CC[C@@H](C#CC1CC1)c1ccccc1. The molecular formula is C14H16. The second kappa shape index (κ2) is 4.33. The summed E-state index contributed by atoms with van der Waals surface area (Å²) < 4.78 is 0. The van der Waals surface area contributed by atoms with Crippen molar-refractivity contribution in [3.05, 3.63) is 35.9 Å². The summed E-state index contributed by atoms with van der Waals surface area (Å²) in [5.74, 6) is 7.91. The van der Waals surface area contributed by atoms with Crippen LogP contribution in [0.3, 0.4) is 0 Å². The highest BCUT2D eigenvalue weighted by Gasteiger charge is 2.18. The van der Waals surface area contributed by atoms with E-state index in [0.29, 0.717) is 11.8 Å². The van der Waals surface area contributed by atoms with Crippen molar-refractivity contribution in [2.45, 2.75) is 32.1 Å². The zero-order valence-electron chi connectivity index (χ0n) is 8.66. The third-order valence-electron chi connectivity index (χ3n) is 2.65.